The first-order valence-corrected chi connectivity index (χ1v) is 22.0. The van der Waals surface area contributed by atoms with Gasteiger partial charge in [-0.15, -0.1) is 0 Å². The summed E-state index contributed by atoms with van der Waals surface area (Å²) < 4.78 is 2.29. The number of rotatable bonds is 9. The molecule has 0 radical (unpaired) electrons. The molecule has 0 atom stereocenters. The van der Waals surface area contributed by atoms with Crippen LogP contribution >= 0.6 is 0 Å². The van der Waals surface area contributed by atoms with Crippen LogP contribution in [-0.4, -0.2) is 44.4 Å². The van der Waals surface area contributed by atoms with Crippen molar-refractivity contribution >= 4 is 21.8 Å². The van der Waals surface area contributed by atoms with Gasteiger partial charge in [0.15, 0.2) is 34.9 Å². The second-order valence-electron chi connectivity index (χ2n) is 16.0. The fourth-order valence-electron chi connectivity index (χ4n) is 8.68. The molecule has 9 nitrogen and oxygen atoms in total. The molecule has 0 saturated heterocycles. The smallest absolute Gasteiger partial charge is 0.164 e. The molecule has 0 aliphatic carbocycles. The van der Waals surface area contributed by atoms with Crippen LogP contribution in [0.1, 0.15) is 0 Å². The van der Waals surface area contributed by atoms with Crippen molar-refractivity contribution < 1.29 is 0 Å². The van der Waals surface area contributed by atoms with Gasteiger partial charge in [-0.3, -0.25) is 9.97 Å². The Hall–Kier alpha value is -9.34. The number of fused-ring (bicyclic) bond motifs is 3. The van der Waals surface area contributed by atoms with Crippen molar-refractivity contribution in [2.75, 3.05) is 0 Å². The van der Waals surface area contributed by atoms with Crippen molar-refractivity contribution in [3.05, 3.63) is 225 Å². The first kappa shape index (κ1) is 39.3. The number of nitrogens with zero attached hydrogens (tertiary/aromatic N) is 9. The molecule has 314 valence electrons. The lowest BCUT2D eigenvalue weighted by atomic mass is 9.99. The van der Waals surface area contributed by atoms with Crippen LogP contribution in [0.2, 0.25) is 0 Å². The van der Waals surface area contributed by atoms with Gasteiger partial charge in [-0.05, 0) is 36.4 Å². The third-order valence-electron chi connectivity index (χ3n) is 11.8. The van der Waals surface area contributed by atoms with Crippen LogP contribution in [-0.2, 0) is 0 Å². The molecule has 0 aliphatic rings. The zero-order valence-corrected chi connectivity index (χ0v) is 35.9. The van der Waals surface area contributed by atoms with Crippen LogP contribution in [0.3, 0.4) is 0 Å². The quantitative estimate of drug-likeness (QED) is 0.141. The van der Waals surface area contributed by atoms with Gasteiger partial charge in [-0.25, -0.2) is 29.9 Å². The topological polar surface area (TPSA) is 108 Å². The summed E-state index contributed by atoms with van der Waals surface area (Å²) in [6, 6.07) is 71.3. The molecule has 0 saturated carbocycles. The third-order valence-corrected chi connectivity index (χ3v) is 11.8. The highest BCUT2D eigenvalue weighted by Gasteiger charge is 2.23. The van der Waals surface area contributed by atoms with E-state index in [0.717, 1.165) is 83.4 Å². The van der Waals surface area contributed by atoms with Crippen LogP contribution in [0.4, 0.5) is 0 Å². The molecular formula is C58H37N9. The molecule has 0 fully saturated rings. The Morgan fingerprint density at radius 1 is 0.254 bits per heavy atom. The van der Waals surface area contributed by atoms with Crippen molar-refractivity contribution in [1.29, 1.82) is 0 Å². The number of hydrogen-bond donors (Lipinski definition) is 0. The van der Waals surface area contributed by atoms with E-state index in [1.54, 1.807) is 0 Å². The average Bonchev–Trinajstić information content (AvgIpc) is 3.77. The van der Waals surface area contributed by atoms with Gasteiger partial charge in [0, 0.05) is 73.4 Å². The van der Waals surface area contributed by atoms with E-state index in [0.29, 0.717) is 34.9 Å². The predicted molar refractivity (Wildman–Crippen MR) is 267 cm³/mol. The molecule has 7 aromatic carbocycles. The Bertz CT molecular complexity index is 3390. The number of para-hydroxylation sites is 1. The van der Waals surface area contributed by atoms with Crippen LogP contribution < -0.4 is 0 Å². The first-order chi connectivity index (χ1) is 33.2. The summed E-state index contributed by atoms with van der Waals surface area (Å²) in [7, 11) is 0. The normalized spacial score (nSPS) is 11.3. The summed E-state index contributed by atoms with van der Waals surface area (Å²) >= 11 is 0. The van der Waals surface area contributed by atoms with E-state index >= 15 is 0 Å². The Balaban J connectivity index is 1.05. The van der Waals surface area contributed by atoms with Crippen molar-refractivity contribution in [2.45, 2.75) is 0 Å². The van der Waals surface area contributed by atoms with Crippen LogP contribution in [0.15, 0.2) is 225 Å². The van der Waals surface area contributed by atoms with E-state index in [-0.39, 0.29) is 0 Å². The van der Waals surface area contributed by atoms with E-state index in [9.17, 15) is 0 Å². The number of benzene rings is 7. The first-order valence-electron chi connectivity index (χ1n) is 22.0. The van der Waals surface area contributed by atoms with E-state index in [4.69, 9.17) is 39.9 Å². The Labute approximate surface area is 385 Å². The van der Waals surface area contributed by atoms with E-state index < -0.39 is 0 Å². The second-order valence-corrected chi connectivity index (χ2v) is 16.0. The average molecular weight is 860 g/mol. The molecule has 5 aromatic heterocycles. The minimum Gasteiger partial charge on any atom is -0.309 e. The maximum Gasteiger partial charge on any atom is 0.164 e. The van der Waals surface area contributed by atoms with Gasteiger partial charge in [0.1, 0.15) is 0 Å². The second kappa shape index (κ2) is 17.0. The third kappa shape index (κ3) is 7.46. The minimum atomic E-state index is 0.566. The van der Waals surface area contributed by atoms with Crippen molar-refractivity contribution in [2.24, 2.45) is 0 Å². The lowest BCUT2D eigenvalue weighted by Crippen LogP contribution is -2.00. The molecule has 0 bridgehead atoms. The van der Waals surface area contributed by atoms with Crippen molar-refractivity contribution in [3.8, 4) is 96.5 Å². The molecule has 0 unspecified atom stereocenters. The van der Waals surface area contributed by atoms with Crippen LogP contribution in [0, 0.1) is 0 Å². The van der Waals surface area contributed by atoms with Gasteiger partial charge in [0.25, 0.3) is 0 Å². The van der Waals surface area contributed by atoms with Crippen molar-refractivity contribution in [1.82, 2.24) is 44.4 Å². The lowest BCUT2D eigenvalue weighted by molar-refractivity contribution is 1.07. The summed E-state index contributed by atoms with van der Waals surface area (Å²) in [5, 5.41) is 1.94. The monoisotopic (exact) mass is 859 g/mol. The van der Waals surface area contributed by atoms with Crippen molar-refractivity contribution in [3.63, 3.8) is 0 Å². The SMILES string of the molecule is c1ccc(-c2nc(-c3ccccc3)nc(-c3cccc(-c4nccc5c4c4c(-c6cccc(-c7nc(-c8ccccc8)nc(-c8ccccc8)n7)c6)nccc4n5-c4ccccc4)c3)n2)cc1. The van der Waals surface area contributed by atoms with Gasteiger partial charge >= 0.3 is 0 Å². The molecule has 9 heteroatoms. The van der Waals surface area contributed by atoms with Crippen LogP contribution in [0.25, 0.3) is 118 Å². The minimum absolute atomic E-state index is 0.566. The summed E-state index contributed by atoms with van der Waals surface area (Å²) in [5.41, 5.74) is 11.8. The highest BCUT2D eigenvalue weighted by Crippen LogP contribution is 2.42. The van der Waals surface area contributed by atoms with Crippen LogP contribution in [0.5, 0.6) is 0 Å². The predicted octanol–water partition coefficient (Wildman–Crippen LogP) is 13.3. The number of aromatic nitrogens is 9. The van der Waals surface area contributed by atoms with Gasteiger partial charge < -0.3 is 4.57 Å². The maximum absolute atomic E-state index is 5.16. The summed E-state index contributed by atoms with van der Waals surface area (Å²) in [4.78, 5) is 40.4. The molecule has 0 aliphatic heterocycles. The summed E-state index contributed by atoms with van der Waals surface area (Å²) in [5.74, 6) is 3.54. The highest BCUT2D eigenvalue weighted by atomic mass is 15.0. The van der Waals surface area contributed by atoms with Gasteiger partial charge in [-0.2, -0.15) is 0 Å². The molecule has 12 rings (SSSR count). The summed E-state index contributed by atoms with van der Waals surface area (Å²) in [6.07, 6.45) is 3.77. The molecule has 0 spiro atoms. The number of pyridine rings is 2. The summed E-state index contributed by atoms with van der Waals surface area (Å²) in [6.45, 7) is 0. The van der Waals surface area contributed by atoms with E-state index in [2.05, 4.69) is 65.2 Å². The molecule has 0 N–H and O–H groups in total. The highest BCUT2D eigenvalue weighted by molar-refractivity contribution is 6.19. The van der Waals surface area contributed by atoms with E-state index in [1.807, 2.05) is 164 Å². The van der Waals surface area contributed by atoms with Gasteiger partial charge in [0.2, 0.25) is 0 Å². The van der Waals surface area contributed by atoms with E-state index in [1.165, 1.54) is 0 Å². The molecular weight excluding hydrogens is 823 g/mol. The largest absolute Gasteiger partial charge is 0.309 e. The molecule has 5 heterocycles. The fourth-order valence-corrected chi connectivity index (χ4v) is 8.68. The standard InChI is InChI=1S/C58H37N9/c1-6-18-38(19-7-1)53-61-54(39-20-8-2-9-21-39)64-57(63-53)44-28-16-26-42(36-44)51-49-47(32-34-59-51)67(46-30-14-5-15-31-46)48-33-35-60-52(50(48)49)43-27-17-29-45(37-43)58-65-55(40-22-10-3-11-23-40)62-56(66-58)41-24-12-4-13-25-41/h1-37H. The Morgan fingerprint density at radius 3 is 0.881 bits per heavy atom. The molecule has 12 aromatic rings. The maximum atomic E-state index is 5.16. The number of hydrogen-bond acceptors (Lipinski definition) is 8. The lowest BCUT2D eigenvalue weighted by Gasteiger charge is -2.11. The fraction of sp³-hybridized carbons (Fsp3) is 0. The zero-order valence-electron chi connectivity index (χ0n) is 35.9. The van der Waals surface area contributed by atoms with Gasteiger partial charge in [0.05, 0.1) is 22.4 Å². The molecule has 67 heavy (non-hydrogen) atoms. The zero-order chi connectivity index (χ0) is 44.5. The molecule has 0 amide bonds. The van der Waals surface area contributed by atoms with Gasteiger partial charge in [-0.1, -0.05) is 176 Å². The Morgan fingerprint density at radius 2 is 0.537 bits per heavy atom. The Kier molecular flexibility index (Phi) is 9.95.